The van der Waals surface area contributed by atoms with Gasteiger partial charge in [-0.1, -0.05) is 19.9 Å². The van der Waals surface area contributed by atoms with Crippen molar-refractivity contribution in [2.24, 2.45) is 5.92 Å². The number of rotatable bonds is 9. The van der Waals surface area contributed by atoms with Crippen LogP contribution in [0, 0.1) is 5.92 Å². The second-order valence-corrected chi connectivity index (χ2v) is 5.84. The van der Waals surface area contributed by atoms with Crippen LogP contribution in [-0.2, 0) is 11.3 Å². The zero-order valence-corrected chi connectivity index (χ0v) is 14.1. The second kappa shape index (κ2) is 8.90. The molecule has 0 aliphatic heterocycles. The van der Waals surface area contributed by atoms with E-state index >= 15 is 0 Å². The predicted octanol–water partition coefficient (Wildman–Crippen LogP) is 3.24. The first-order chi connectivity index (χ1) is 9.97. The van der Waals surface area contributed by atoms with E-state index in [2.05, 4.69) is 25.2 Å². The lowest BCUT2D eigenvalue weighted by molar-refractivity contribution is 0.146. The van der Waals surface area contributed by atoms with Gasteiger partial charge < -0.3 is 19.5 Å². The second-order valence-electron chi connectivity index (χ2n) is 5.84. The van der Waals surface area contributed by atoms with Crippen molar-refractivity contribution in [3.63, 3.8) is 0 Å². The van der Waals surface area contributed by atoms with Crippen LogP contribution in [0.5, 0.6) is 11.5 Å². The zero-order chi connectivity index (χ0) is 15.8. The Morgan fingerprint density at radius 3 is 2.29 bits per heavy atom. The number of hydrogen-bond donors (Lipinski definition) is 1. The molecule has 0 amide bonds. The maximum Gasteiger partial charge on any atom is 0.161 e. The summed E-state index contributed by atoms with van der Waals surface area (Å²) in [5.41, 5.74) is 1.17. The van der Waals surface area contributed by atoms with Crippen LogP contribution in [0.4, 0.5) is 0 Å². The zero-order valence-electron chi connectivity index (χ0n) is 14.1. The highest BCUT2D eigenvalue weighted by Crippen LogP contribution is 2.29. The average molecular weight is 295 g/mol. The van der Waals surface area contributed by atoms with E-state index < -0.39 is 0 Å². The van der Waals surface area contributed by atoms with Crippen molar-refractivity contribution in [2.75, 3.05) is 20.8 Å². The van der Waals surface area contributed by atoms with Crippen molar-refractivity contribution < 1.29 is 14.2 Å². The maximum atomic E-state index is 5.73. The molecular formula is C17H29NO3. The minimum atomic E-state index is 0.134. The van der Waals surface area contributed by atoms with Crippen LogP contribution in [-0.4, -0.2) is 33.0 Å². The number of methoxy groups -OCH3 is 2. The molecule has 0 aliphatic carbocycles. The summed E-state index contributed by atoms with van der Waals surface area (Å²) in [6.07, 6.45) is 0.134. The minimum absolute atomic E-state index is 0.134. The molecule has 4 nitrogen and oxygen atoms in total. The summed E-state index contributed by atoms with van der Waals surface area (Å²) in [4.78, 5) is 0. The SMILES string of the molecule is COCC(NCc1ccc(OC(C)C)c(OC)c1)C(C)C. The van der Waals surface area contributed by atoms with Gasteiger partial charge in [-0.25, -0.2) is 0 Å². The van der Waals surface area contributed by atoms with E-state index in [9.17, 15) is 0 Å². The normalized spacial score (nSPS) is 12.8. The molecule has 0 spiro atoms. The summed E-state index contributed by atoms with van der Waals surface area (Å²) < 4.78 is 16.4. The van der Waals surface area contributed by atoms with Gasteiger partial charge in [0, 0.05) is 19.7 Å². The summed E-state index contributed by atoms with van der Waals surface area (Å²) in [7, 11) is 3.40. The van der Waals surface area contributed by atoms with Crippen molar-refractivity contribution >= 4 is 0 Å². The van der Waals surface area contributed by atoms with E-state index in [0.29, 0.717) is 18.6 Å². The summed E-state index contributed by atoms with van der Waals surface area (Å²) in [6.45, 7) is 9.89. The third-order valence-electron chi connectivity index (χ3n) is 3.31. The molecule has 1 rings (SSSR count). The van der Waals surface area contributed by atoms with Crippen LogP contribution < -0.4 is 14.8 Å². The molecule has 0 heterocycles. The van der Waals surface area contributed by atoms with Crippen molar-refractivity contribution in [3.8, 4) is 11.5 Å². The highest BCUT2D eigenvalue weighted by molar-refractivity contribution is 5.43. The molecule has 0 aliphatic rings. The van der Waals surface area contributed by atoms with Crippen LogP contribution in [0.1, 0.15) is 33.3 Å². The maximum absolute atomic E-state index is 5.73. The van der Waals surface area contributed by atoms with E-state index in [1.54, 1.807) is 14.2 Å². The molecule has 1 aromatic carbocycles. The van der Waals surface area contributed by atoms with Gasteiger partial charge in [-0.05, 0) is 37.5 Å². The van der Waals surface area contributed by atoms with Gasteiger partial charge >= 0.3 is 0 Å². The van der Waals surface area contributed by atoms with E-state index in [0.717, 1.165) is 18.0 Å². The summed E-state index contributed by atoms with van der Waals surface area (Å²) in [6, 6.07) is 6.40. The monoisotopic (exact) mass is 295 g/mol. The van der Waals surface area contributed by atoms with Gasteiger partial charge in [-0.15, -0.1) is 0 Å². The van der Waals surface area contributed by atoms with Gasteiger partial charge in [0.2, 0.25) is 0 Å². The van der Waals surface area contributed by atoms with Gasteiger partial charge in [0.05, 0.1) is 19.8 Å². The lowest BCUT2D eigenvalue weighted by Crippen LogP contribution is -2.37. The standard InChI is InChI=1S/C17H29NO3/c1-12(2)15(11-19-5)18-10-14-7-8-16(21-13(3)4)17(9-14)20-6/h7-9,12-13,15,18H,10-11H2,1-6H3. The fourth-order valence-corrected chi connectivity index (χ4v) is 2.09. The molecule has 0 radical (unpaired) electrons. The van der Waals surface area contributed by atoms with E-state index in [1.807, 2.05) is 26.0 Å². The largest absolute Gasteiger partial charge is 0.493 e. The third-order valence-corrected chi connectivity index (χ3v) is 3.31. The molecule has 1 unspecified atom stereocenters. The molecule has 1 aromatic rings. The predicted molar refractivity (Wildman–Crippen MR) is 86.1 cm³/mol. The van der Waals surface area contributed by atoms with Gasteiger partial charge in [0.1, 0.15) is 0 Å². The topological polar surface area (TPSA) is 39.7 Å². The van der Waals surface area contributed by atoms with Gasteiger partial charge in [-0.2, -0.15) is 0 Å². The highest BCUT2D eigenvalue weighted by Gasteiger charge is 2.13. The third kappa shape index (κ3) is 5.94. The quantitative estimate of drug-likeness (QED) is 0.759. The molecule has 0 saturated heterocycles. The Morgan fingerprint density at radius 1 is 1.05 bits per heavy atom. The first kappa shape index (κ1) is 17.8. The highest BCUT2D eigenvalue weighted by atomic mass is 16.5. The Hall–Kier alpha value is -1.26. The first-order valence-electron chi connectivity index (χ1n) is 7.53. The molecule has 1 N–H and O–H groups in total. The minimum Gasteiger partial charge on any atom is -0.493 e. The molecule has 21 heavy (non-hydrogen) atoms. The van der Waals surface area contributed by atoms with Crippen LogP contribution in [0.3, 0.4) is 0 Å². The number of hydrogen-bond acceptors (Lipinski definition) is 4. The molecule has 1 atom stereocenters. The molecule has 0 saturated carbocycles. The van der Waals surface area contributed by atoms with E-state index in [-0.39, 0.29) is 6.10 Å². The Labute approximate surface area is 128 Å². The fourth-order valence-electron chi connectivity index (χ4n) is 2.09. The van der Waals surface area contributed by atoms with Crippen molar-refractivity contribution in [2.45, 2.75) is 46.4 Å². The Morgan fingerprint density at radius 2 is 1.76 bits per heavy atom. The molecular weight excluding hydrogens is 266 g/mol. The van der Waals surface area contributed by atoms with Crippen LogP contribution in [0.25, 0.3) is 0 Å². The van der Waals surface area contributed by atoms with Crippen LogP contribution >= 0.6 is 0 Å². The van der Waals surface area contributed by atoms with E-state index in [4.69, 9.17) is 14.2 Å². The number of nitrogens with one attached hydrogen (secondary N) is 1. The summed E-state index contributed by atoms with van der Waals surface area (Å²) >= 11 is 0. The van der Waals surface area contributed by atoms with Crippen LogP contribution in [0.2, 0.25) is 0 Å². The fraction of sp³-hybridized carbons (Fsp3) is 0.647. The average Bonchev–Trinajstić information content (AvgIpc) is 2.43. The first-order valence-corrected chi connectivity index (χ1v) is 7.53. The lowest BCUT2D eigenvalue weighted by atomic mass is 10.0. The Balaban J connectivity index is 2.71. The van der Waals surface area contributed by atoms with Gasteiger partial charge in [0.25, 0.3) is 0 Å². The summed E-state index contributed by atoms with van der Waals surface area (Å²) in [5.74, 6) is 2.08. The number of benzene rings is 1. The molecule has 4 heteroatoms. The van der Waals surface area contributed by atoms with Crippen molar-refractivity contribution in [1.82, 2.24) is 5.32 Å². The number of ether oxygens (including phenoxy) is 3. The molecule has 120 valence electrons. The van der Waals surface area contributed by atoms with Gasteiger partial charge in [-0.3, -0.25) is 0 Å². The molecule has 0 bridgehead atoms. The van der Waals surface area contributed by atoms with E-state index in [1.165, 1.54) is 5.56 Å². The van der Waals surface area contributed by atoms with Crippen molar-refractivity contribution in [3.05, 3.63) is 23.8 Å². The van der Waals surface area contributed by atoms with Crippen LogP contribution in [0.15, 0.2) is 18.2 Å². The smallest absolute Gasteiger partial charge is 0.161 e. The lowest BCUT2D eigenvalue weighted by Gasteiger charge is -2.22. The summed E-state index contributed by atoms with van der Waals surface area (Å²) in [5, 5.41) is 3.53. The van der Waals surface area contributed by atoms with Gasteiger partial charge in [0.15, 0.2) is 11.5 Å². The Bertz CT molecular complexity index is 418. The molecule has 0 aromatic heterocycles. The molecule has 0 fully saturated rings. The Kier molecular flexibility index (Phi) is 7.54. The van der Waals surface area contributed by atoms with Crippen molar-refractivity contribution in [1.29, 1.82) is 0 Å².